The van der Waals surface area contributed by atoms with Crippen LogP contribution in [0, 0.1) is 11.3 Å². The summed E-state index contributed by atoms with van der Waals surface area (Å²) in [7, 11) is 0. The van der Waals surface area contributed by atoms with Gasteiger partial charge in [-0.2, -0.15) is 4.98 Å². The van der Waals surface area contributed by atoms with E-state index >= 15 is 0 Å². The van der Waals surface area contributed by atoms with E-state index in [2.05, 4.69) is 20.9 Å². The molecule has 2 aromatic heterocycles. The number of hydrogen-bond acceptors (Lipinski definition) is 8. The number of anilines is 1. The first-order valence-corrected chi connectivity index (χ1v) is 6.67. The molecule has 4 atom stereocenters. The Bertz CT molecular complexity index is 947. The highest BCUT2D eigenvalue weighted by molar-refractivity contribution is 6.30. The van der Waals surface area contributed by atoms with Gasteiger partial charge in [0, 0.05) is 5.38 Å². The third-order valence-electron chi connectivity index (χ3n) is 3.55. The fraction of sp³-hybridized carbons (Fsp3) is 0.417. The summed E-state index contributed by atoms with van der Waals surface area (Å²) in [5.41, 5.74) is 8.99. The molecular formula is C12H13ClN6O4. The van der Waals surface area contributed by atoms with Crippen LogP contribution in [0.15, 0.2) is 11.1 Å². The van der Waals surface area contributed by atoms with Crippen molar-refractivity contribution in [3.63, 3.8) is 0 Å². The maximum Gasteiger partial charge on any atom is 0.280 e. The quantitative estimate of drug-likeness (QED) is 0.385. The molecule has 1 fully saturated rings. The number of imidazole rings is 1. The van der Waals surface area contributed by atoms with Crippen LogP contribution in [0.1, 0.15) is 8.97 Å². The maximum absolute atomic E-state index is 11.9. The number of nitrogens with two attached hydrogens (primary N) is 2. The van der Waals surface area contributed by atoms with E-state index in [-0.39, 0.29) is 17.1 Å². The van der Waals surface area contributed by atoms with E-state index in [1.54, 1.807) is 0 Å². The topological polar surface area (TPSA) is 165 Å². The Morgan fingerprint density at radius 3 is 3.09 bits per heavy atom. The summed E-state index contributed by atoms with van der Waals surface area (Å²) in [5.74, 6) is 2.16. The van der Waals surface area contributed by atoms with E-state index in [1.807, 2.05) is 5.38 Å². The Hall–Kier alpha value is -2.16. The summed E-state index contributed by atoms with van der Waals surface area (Å²) in [6.07, 6.45) is -3.70. The Balaban J connectivity index is 2.21. The first-order chi connectivity index (χ1) is 11.6. The fourth-order valence-electron chi connectivity index (χ4n) is 2.45. The van der Waals surface area contributed by atoms with Crippen molar-refractivity contribution in [1.82, 2.24) is 19.5 Å². The zero-order valence-corrected chi connectivity index (χ0v) is 12.2. The Kier molecular flexibility index (Phi) is 3.17. The van der Waals surface area contributed by atoms with E-state index in [4.69, 9.17) is 30.5 Å². The summed E-state index contributed by atoms with van der Waals surface area (Å²) in [6.45, 7) is -2.92. The van der Waals surface area contributed by atoms with Gasteiger partial charge in [-0.25, -0.2) is 4.98 Å². The van der Waals surface area contributed by atoms with Gasteiger partial charge in [0.1, 0.15) is 12.2 Å². The van der Waals surface area contributed by atoms with E-state index < -0.39 is 36.1 Å². The predicted molar refractivity (Wildman–Crippen MR) is 80.1 cm³/mol. The zero-order valence-electron chi connectivity index (χ0n) is 13.4. The molecule has 2 aromatic rings. The van der Waals surface area contributed by atoms with Crippen LogP contribution >= 0.6 is 11.6 Å². The van der Waals surface area contributed by atoms with Crippen molar-refractivity contribution >= 4 is 28.7 Å². The second-order valence-corrected chi connectivity index (χ2v) is 5.10. The average molecular weight is 343 g/mol. The molecule has 0 saturated carbocycles. The van der Waals surface area contributed by atoms with Gasteiger partial charge < -0.3 is 26.4 Å². The largest absolute Gasteiger partial charge is 0.394 e. The Labute approximate surface area is 136 Å². The van der Waals surface area contributed by atoms with Crippen molar-refractivity contribution in [2.45, 2.75) is 24.0 Å². The summed E-state index contributed by atoms with van der Waals surface area (Å²) < 4.78 is 21.4. The molecule has 1 aliphatic rings. The zero-order chi connectivity index (χ0) is 18.6. The van der Waals surface area contributed by atoms with Gasteiger partial charge in [0.25, 0.3) is 5.56 Å². The minimum Gasteiger partial charge on any atom is -0.394 e. The van der Waals surface area contributed by atoms with Crippen molar-refractivity contribution in [2.75, 3.05) is 12.3 Å². The number of aromatic nitrogens is 4. The third-order valence-corrected chi connectivity index (χ3v) is 3.65. The summed E-state index contributed by atoms with van der Waals surface area (Å²) in [6, 6.07) is 0. The molecule has 0 aromatic carbocycles. The predicted octanol–water partition coefficient (Wildman–Crippen LogP) is -2.15. The first kappa shape index (κ1) is 13.3. The number of nitrogens with one attached hydrogen (secondary N) is 1. The van der Waals surface area contributed by atoms with Crippen LogP contribution in [0.2, 0.25) is 0 Å². The average Bonchev–Trinajstić information content (AvgIpc) is 3.00. The van der Waals surface area contributed by atoms with Gasteiger partial charge in [0.15, 0.2) is 22.9 Å². The second-order valence-electron chi connectivity index (χ2n) is 4.91. The second kappa shape index (κ2) is 5.48. The summed E-state index contributed by atoms with van der Waals surface area (Å²) >= 11 is 5.41. The number of rotatable bonds is 2. The van der Waals surface area contributed by atoms with Crippen LogP contribution < -0.4 is 17.0 Å². The van der Waals surface area contributed by atoms with Crippen LogP contribution in [0.3, 0.4) is 0 Å². The molecule has 7 N–H and O–H groups in total. The van der Waals surface area contributed by atoms with Crippen molar-refractivity contribution < 1.29 is 17.7 Å². The molecule has 0 spiro atoms. The molecule has 10 nitrogen and oxygen atoms in total. The monoisotopic (exact) mass is 342 g/mol. The molecule has 0 amide bonds. The first-order valence-electron chi connectivity index (χ1n) is 7.29. The lowest BCUT2D eigenvalue weighted by atomic mass is 9.92. The molecule has 0 radical (unpaired) electrons. The lowest BCUT2D eigenvalue weighted by Crippen LogP contribution is -2.53. The van der Waals surface area contributed by atoms with Crippen molar-refractivity contribution in [3.05, 3.63) is 16.7 Å². The van der Waals surface area contributed by atoms with E-state index in [9.17, 15) is 15.0 Å². The number of aliphatic hydroxyl groups excluding tert-OH is 1. The Morgan fingerprint density at radius 1 is 1.70 bits per heavy atom. The minimum atomic E-state index is -2.92. The molecule has 3 rings (SSSR count). The highest BCUT2D eigenvalue weighted by Gasteiger charge is 2.54. The van der Waals surface area contributed by atoms with Crippen LogP contribution in [0.5, 0.6) is 0 Å². The molecule has 11 heteroatoms. The summed E-state index contributed by atoms with van der Waals surface area (Å²) in [4.78, 5) is 22.0. The lowest BCUT2D eigenvalue weighted by Gasteiger charge is -2.27. The number of H-pyrrole nitrogens is 1. The standard InChI is InChI=1S/C12H13ClN6O4/c13-2-1-12(15)7(21)5(3-20)23-10(12)19-4-16-6-8(19)17-11(14)18-9(6)22/h4-5,7,10,20-21H,3,15H2,(H3,14,17,18,22)/t5-,7+,10-,12?/m1/s1/i3D2. The van der Waals surface area contributed by atoms with Gasteiger partial charge in [-0.05, 0) is 11.6 Å². The minimum absolute atomic E-state index is 0.0243. The van der Waals surface area contributed by atoms with Gasteiger partial charge in [0.05, 0.1) is 15.6 Å². The SMILES string of the molecule is [2H]C([2H])(O)[C@H]1O[C@@H](n2cnc3c(=O)[nH]c(N)nc32)C(N)(C#CCl)[C@H]1O. The summed E-state index contributed by atoms with van der Waals surface area (Å²) in [5, 5.41) is 22.0. The smallest absolute Gasteiger partial charge is 0.280 e. The third kappa shape index (κ3) is 2.26. The molecule has 1 aliphatic heterocycles. The number of aromatic amines is 1. The van der Waals surface area contributed by atoms with Crippen molar-refractivity contribution in [2.24, 2.45) is 5.73 Å². The van der Waals surface area contributed by atoms with E-state index in [0.29, 0.717) is 0 Å². The van der Waals surface area contributed by atoms with Gasteiger partial charge >= 0.3 is 0 Å². The highest BCUT2D eigenvalue weighted by atomic mass is 35.5. The molecular weight excluding hydrogens is 328 g/mol. The number of nitrogen functional groups attached to an aromatic ring is 1. The van der Waals surface area contributed by atoms with Crippen LogP contribution in [0.4, 0.5) is 5.95 Å². The Morgan fingerprint density at radius 2 is 2.43 bits per heavy atom. The van der Waals surface area contributed by atoms with E-state index in [0.717, 1.165) is 10.9 Å². The fourth-order valence-corrected chi connectivity index (χ4v) is 2.62. The lowest BCUT2D eigenvalue weighted by molar-refractivity contribution is -0.0447. The number of nitrogens with zero attached hydrogens (tertiary/aromatic N) is 3. The highest BCUT2D eigenvalue weighted by Crippen LogP contribution is 2.37. The van der Waals surface area contributed by atoms with Crippen LogP contribution in [-0.2, 0) is 4.74 Å². The van der Waals surface area contributed by atoms with Crippen LogP contribution in [-0.4, -0.2) is 54.0 Å². The van der Waals surface area contributed by atoms with Gasteiger partial charge in [-0.15, -0.1) is 0 Å². The normalized spacial score (nSPS) is 32.3. The molecule has 122 valence electrons. The van der Waals surface area contributed by atoms with Crippen LogP contribution in [0.25, 0.3) is 11.2 Å². The van der Waals surface area contributed by atoms with Crippen molar-refractivity contribution in [1.29, 1.82) is 0 Å². The number of fused-ring (bicyclic) bond motifs is 1. The number of aliphatic hydroxyl groups is 2. The molecule has 0 aliphatic carbocycles. The molecule has 3 heterocycles. The number of ether oxygens (including phenoxy) is 1. The van der Waals surface area contributed by atoms with Gasteiger partial charge in [0.2, 0.25) is 5.95 Å². The van der Waals surface area contributed by atoms with Gasteiger partial charge in [-0.3, -0.25) is 14.3 Å². The maximum atomic E-state index is 11.9. The molecule has 1 unspecified atom stereocenters. The van der Waals surface area contributed by atoms with E-state index in [1.165, 1.54) is 0 Å². The van der Waals surface area contributed by atoms with Crippen molar-refractivity contribution in [3.8, 4) is 11.3 Å². The van der Waals surface area contributed by atoms with Gasteiger partial charge in [-0.1, -0.05) is 5.92 Å². The number of hydrogen-bond donors (Lipinski definition) is 5. The molecule has 23 heavy (non-hydrogen) atoms. The molecule has 0 bridgehead atoms. The number of halogens is 1. The molecule has 1 saturated heterocycles.